The van der Waals surface area contributed by atoms with E-state index in [1.165, 1.54) is 28.8 Å². The molecule has 3 aliphatic rings. The normalized spacial score (nSPS) is 19.5. The summed E-state index contributed by atoms with van der Waals surface area (Å²) in [6, 6.07) is 21.0. The van der Waals surface area contributed by atoms with Crippen LogP contribution in [0.1, 0.15) is 195 Å². The lowest BCUT2D eigenvalue weighted by Crippen LogP contribution is -2.54. The summed E-state index contributed by atoms with van der Waals surface area (Å²) in [4.78, 5) is 116. The number of nitrogens with zero attached hydrogens (tertiary/aromatic N) is 3. The van der Waals surface area contributed by atoms with Crippen LogP contribution in [-0.2, 0) is 69.1 Å². The van der Waals surface area contributed by atoms with E-state index < -0.39 is 54.5 Å². The Morgan fingerprint density at radius 3 is 0.957 bits per heavy atom. The van der Waals surface area contributed by atoms with Gasteiger partial charge in [-0.25, -0.2) is 14.4 Å². The summed E-state index contributed by atoms with van der Waals surface area (Å²) in [6.45, 7) is 16.8. The molecule has 92 heavy (non-hydrogen) atoms. The molecular weight excluding hydrogens is 1290 g/mol. The molecule has 0 saturated heterocycles. The van der Waals surface area contributed by atoms with Gasteiger partial charge in [-0.15, -0.1) is 12.4 Å². The Bertz CT molecular complexity index is 2770. The lowest BCUT2D eigenvalue weighted by molar-refractivity contribution is -0.161. The van der Waals surface area contributed by atoms with E-state index in [4.69, 9.17) is 75.2 Å². The zero-order valence-electron chi connectivity index (χ0n) is 55.7. The van der Waals surface area contributed by atoms with E-state index in [1.54, 1.807) is 73.8 Å². The molecule has 0 heterocycles. The summed E-state index contributed by atoms with van der Waals surface area (Å²) in [5.74, 6) is -1.65. The van der Waals surface area contributed by atoms with E-state index in [-0.39, 0.29) is 83.3 Å². The number of aliphatic carboxylic acids is 1. The van der Waals surface area contributed by atoms with Crippen molar-refractivity contribution in [3.05, 3.63) is 105 Å². The number of esters is 2. The van der Waals surface area contributed by atoms with Crippen molar-refractivity contribution in [2.45, 2.75) is 195 Å². The maximum absolute atomic E-state index is 13.0. The van der Waals surface area contributed by atoms with Crippen LogP contribution in [0.3, 0.4) is 0 Å². The third kappa shape index (κ3) is 21.4. The van der Waals surface area contributed by atoms with Gasteiger partial charge in [0, 0.05) is 72.2 Å². The summed E-state index contributed by atoms with van der Waals surface area (Å²) in [5.41, 5.74) is -1.60. The summed E-state index contributed by atoms with van der Waals surface area (Å²) >= 11 is 24.5. The number of ether oxygens (including phenoxy) is 5. The number of halogens is 5. The first-order chi connectivity index (χ1) is 43.1. The van der Waals surface area contributed by atoms with E-state index >= 15 is 0 Å². The number of benzene rings is 3. The van der Waals surface area contributed by atoms with Crippen molar-refractivity contribution < 1.29 is 71.9 Å². The molecule has 3 saturated carbocycles. The van der Waals surface area contributed by atoms with Gasteiger partial charge in [-0.05, 0) is 113 Å². The molecule has 3 aliphatic carbocycles. The number of amides is 3. The number of carbonyl (C=O) groups is 9. The van der Waals surface area contributed by atoms with Crippen LogP contribution >= 0.6 is 58.8 Å². The van der Waals surface area contributed by atoms with Gasteiger partial charge >= 0.3 is 36.2 Å². The SMILES string of the molecule is CCC[C@H](C(=O)O)C(C)C.CCC[C@H](C(=O)OCOC(=O)N(C)[C@]1(c2ccccc2Cl)CCCCC1=O)C(C)C.CCC[C@H](C(=O)OCOC(=O)N(C)[C@]1(c2ccccc2Cl)CCCCC1=O)C(C)C.CN(C(=O)OCCl)[C@]1(c2ccccc2Cl)CCCCC1=O.Cl. The highest BCUT2D eigenvalue weighted by Gasteiger charge is 2.51. The van der Waals surface area contributed by atoms with Gasteiger partial charge in [0.1, 0.15) is 16.6 Å². The van der Waals surface area contributed by atoms with Crippen LogP contribution in [-0.4, -0.2) is 114 Å². The van der Waals surface area contributed by atoms with E-state index in [2.05, 4.69) is 0 Å². The molecule has 23 heteroatoms. The minimum atomic E-state index is -1.18. The molecule has 6 atom stereocenters. The molecule has 0 radical (unpaired) electrons. The molecular formula is C69H98Cl5N3O15. The number of carboxylic acid groups (broad SMARTS) is 1. The Balaban J connectivity index is 0.000000440. The summed E-state index contributed by atoms with van der Waals surface area (Å²) < 4.78 is 25.7. The summed E-state index contributed by atoms with van der Waals surface area (Å²) in [5, 5.41) is 10.0. The standard InChI is InChI=1S/2C23H32ClNO5.C15H17Cl2NO3.C8H16O2.ClH/c2*1-5-10-17(16(2)3)21(27)29-15-30-22(28)25(4)23(14-9-8-13-20(23)26)18-11-6-7-12-19(18)24;1-18(14(20)21-10-16)15(9-5-4-8-13(15)19)11-6-2-3-7-12(11)17;1-4-5-7(6(2)3)8(9)10;/h2*6-7,11-12,16-17H,5,8-10,13-15H2,1-4H3;2-3,6-7H,4-5,8-10H2,1H3;6-7H,4-5H2,1-3H3,(H,9,10);1H/t2*17-,23-;15-;7-;/m0000./s1. The molecule has 0 bridgehead atoms. The van der Waals surface area contributed by atoms with Crippen molar-refractivity contribution in [2.75, 3.05) is 40.8 Å². The van der Waals surface area contributed by atoms with Gasteiger partial charge in [-0.2, -0.15) is 0 Å². The van der Waals surface area contributed by atoms with Crippen molar-refractivity contribution in [3.63, 3.8) is 0 Å². The highest BCUT2D eigenvalue weighted by Crippen LogP contribution is 2.45. The van der Waals surface area contributed by atoms with Crippen molar-refractivity contribution in [1.29, 1.82) is 0 Å². The van der Waals surface area contributed by atoms with E-state index in [0.717, 1.165) is 64.2 Å². The second kappa shape index (κ2) is 40.6. The van der Waals surface area contributed by atoms with Gasteiger partial charge < -0.3 is 28.8 Å². The average Bonchev–Trinajstić information content (AvgIpc) is 0.782. The second-order valence-electron chi connectivity index (χ2n) is 24.3. The van der Waals surface area contributed by atoms with Gasteiger partial charge in [0.05, 0.1) is 17.8 Å². The molecule has 0 aromatic heterocycles. The van der Waals surface area contributed by atoms with E-state index in [1.807, 2.05) is 68.4 Å². The molecule has 3 fully saturated rings. The van der Waals surface area contributed by atoms with Crippen LogP contribution in [0, 0.1) is 35.5 Å². The van der Waals surface area contributed by atoms with Gasteiger partial charge in [0.2, 0.25) is 13.6 Å². The van der Waals surface area contributed by atoms with Crippen LogP contribution < -0.4 is 0 Å². The van der Waals surface area contributed by atoms with Crippen LogP contribution in [0.4, 0.5) is 14.4 Å². The number of carboxylic acids is 1. The van der Waals surface area contributed by atoms with Crippen molar-refractivity contribution in [1.82, 2.24) is 14.7 Å². The monoisotopic (exact) mass is 1380 g/mol. The smallest absolute Gasteiger partial charge is 0.413 e. The Hall–Kier alpha value is -5.66. The molecule has 3 amide bonds. The first-order valence-corrected chi connectivity index (χ1v) is 33.5. The van der Waals surface area contributed by atoms with Crippen LogP contribution in [0.5, 0.6) is 0 Å². The Morgan fingerprint density at radius 1 is 0.457 bits per heavy atom. The number of rotatable bonds is 23. The number of hydrogen-bond acceptors (Lipinski definition) is 14. The third-order valence-corrected chi connectivity index (χ3v) is 18.6. The number of hydrogen-bond donors (Lipinski definition) is 1. The van der Waals surface area contributed by atoms with E-state index in [9.17, 15) is 43.2 Å². The van der Waals surface area contributed by atoms with E-state index in [0.29, 0.717) is 83.1 Å². The van der Waals surface area contributed by atoms with Crippen molar-refractivity contribution in [3.8, 4) is 0 Å². The molecule has 0 spiro atoms. The first-order valence-electron chi connectivity index (χ1n) is 31.8. The fraction of sp³-hybridized carbons (Fsp3) is 0.609. The number of likely N-dealkylation sites (N-methyl/N-ethyl adjacent to an activating group) is 3. The maximum atomic E-state index is 13.0. The molecule has 0 aliphatic heterocycles. The summed E-state index contributed by atoms with van der Waals surface area (Å²) in [7, 11) is 4.62. The fourth-order valence-electron chi connectivity index (χ4n) is 12.3. The molecule has 6 rings (SSSR count). The number of ketones is 3. The van der Waals surface area contributed by atoms with Crippen LogP contribution in [0.2, 0.25) is 15.1 Å². The lowest BCUT2D eigenvalue weighted by atomic mass is 9.74. The molecule has 514 valence electrons. The highest BCUT2D eigenvalue weighted by molar-refractivity contribution is 6.32. The largest absolute Gasteiger partial charge is 0.481 e. The average molecular weight is 1390 g/mol. The van der Waals surface area contributed by atoms with Crippen LogP contribution in [0.15, 0.2) is 72.8 Å². The van der Waals surface area contributed by atoms with Gasteiger partial charge in [0.15, 0.2) is 23.4 Å². The predicted octanol–water partition coefficient (Wildman–Crippen LogP) is 17.1. The van der Waals surface area contributed by atoms with Crippen molar-refractivity contribution >= 4 is 112 Å². The third-order valence-electron chi connectivity index (χ3n) is 17.5. The minimum Gasteiger partial charge on any atom is -0.481 e. The van der Waals surface area contributed by atoms with Gasteiger partial charge in [-0.3, -0.25) is 43.5 Å². The topological polar surface area (TPSA) is 230 Å². The number of carbonyl (C=O) groups excluding carboxylic acids is 8. The molecule has 0 unspecified atom stereocenters. The second-order valence-corrected chi connectivity index (χ2v) is 25.8. The zero-order valence-corrected chi connectivity index (χ0v) is 59.5. The molecule has 3 aromatic carbocycles. The Labute approximate surface area is 571 Å². The predicted molar refractivity (Wildman–Crippen MR) is 360 cm³/mol. The highest BCUT2D eigenvalue weighted by atomic mass is 35.5. The maximum Gasteiger partial charge on any atom is 0.413 e. The Kier molecular flexibility index (Phi) is 36.3. The minimum absolute atomic E-state index is 0. The molecule has 1 N–H and O–H groups in total. The van der Waals surface area contributed by atoms with Gasteiger partial charge in [0.25, 0.3) is 0 Å². The first kappa shape index (κ1) is 82.4. The number of alkyl halides is 1. The quantitative estimate of drug-likeness (QED) is 0.0403. The summed E-state index contributed by atoms with van der Waals surface area (Å²) in [6.07, 6.45) is 10.2. The fourth-order valence-corrected chi connectivity index (χ4v) is 13.3. The van der Waals surface area contributed by atoms with Gasteiger partial charge in [-0.1, -0.05) is 183 Å². The molecule has 18 nitrogen and oxygen atoms in total. The van der Waals surface area contributed by atoms with Crippen LogP contribution in [0.25, 0.3) is 0 Å². The zero-order chi connectivity index (χ0) is 68.2. The number of Topliss-reactive ketones (excluding diaryl/α,β-unsaturated/α-hetero) is 3. The lowest BCUT2D eigenvalue weighted by Gasteiger charge is -2.43. The Morgan fingerprint density at radius 2 is 0.728 bits per heavy atom. The van der Waals surface area contributed by atoms with Crippen molar-refractivity contribution in [2.24, 2.45) is 35.5 Å². The molecule has 3 aromatic rings.